The fraction of sp³-hybridized carbons (Fsp3) is 0.471. The van der Waals surface area contributed by atoms with Gasteiger partial charge in [0.25, 0.3) is 0 Å². The number of likely N-dealkylation sites (N-methyl/N-ethyl adjacent to an activating group) is 1. The molecule has 2 aliphatic heterocycles. The number of thioether (sulfide) groups is 1. The van der Waals surface area contributed by atoms with E-state index in [2.05, 4.69) is 15.5 Å². The van der Waals surface area contributed by atoms with Gasteiger partial charge < -0.3 is 9.64 Å². The van der Waals surface area contributed by atoms with Crippen LogP contribution in [0.1, 0.15) is 28.8 Å². The van der Waals surface area contributed by atoms with Gasteiger partial charge in [-0.05, 0) is 47.0 Å². The number of aromatic nitrogens is 4. The number of rotatable bonds is 6. The van der Waals surface area contributed by atoms with Crippen molar-refractivity contribution in [1.29, 1.82) is 0 Å². The highest BCUT2D eigenvalue weighted by molar-refractivity contribution is 7.99. The van der Waals surface area contributed by atoms with Crippen LogP contribution >= 0.6 is 11.8 Å². The third-order valence-corrected chi connectivity index (χ3v) is 5.67. The van der Waals surface area contributed by atoms with Gasteiger partial charge in [0, 0.05) is 24.9 Å². The maximum Gasteiger partial charge on any atom is 0.231 e. The summed E-state index contributed by atoms with van der Waals surface area (Å²) >= 11 is 1.32. The standard InChI is InChI=1S/C17H19N5O3S/c1-21-14-5-4-11(7-12(14)8-16(21)24)15(23)10-26-17-18-19-20-22(17)9-13-3-2-6-25-13/h4-5,7,13H,2-3,6,8-10H2,1H3/t13-/m0/s1. The van der Waals surface area contributed by atoms with E-state index < -0.39 is 0 Å². The van der Waals surface area contributed by atoms with Crippen LogP contribution in [0.15, 0.2) is 23.4 Å². The highest BCUT2D eigenvalue weighted by atomic mass is 32.2. The van der Waals surface area contributed by atoms with Crippen LogP contribution < -0.4 is 4.90 Å². The normalized spacial score (nSPS) is 19.2. The van der Waals surface area contributed by atoms with Crippen molar-refractivity contribution in [2.75, 3.05) is 24.3 Å². The van der Waals surface area contributed by atoms with E-state index in [9.17, 15) is 9.59 Å². The first-order chi connectivity index (χ1) is 12.6. The number of carbonyl (C=O) groups is 2. The average Bonchev–Trinajstić information content (AvgIpc) is 3.36. The molecule has 0 N–H and O–H groups in total. The average molecular weight is 373 g/mol. The minimum absolute atomic E-state index is 0.00790. The van der Waals surface area contributed by atoms with Gasteiger partial charge in [0.15, 0.2) is 5.78 Å². The smallest absolute Gasteiger partial charge is 0.231 e. The van der Waals surface area contributed by atoms with Crippen LogP contribution in [0.5, 0.6) is 0 Å². The Morgan fingerprint density at radius 1 is 1.42 bits per heavy atom. The number of hydrogen-bond acceptors (Lipinski definition) is 7. The van der Waals surface area contributed by atoms with E-state index in [-0.39, 0.29) is 23.5 Å². The number of amides is 1. The van der Waals surface area contributed by atoms with Crippen molar-refractivity contribution in [1.82, 2.24) is 20.2 Å². The quantitative estimate of drug-likeness (QED) is 0.557. The number of hydrogen-bond donors (Lipinski definition) is 0. The van der Waals surface area contributed by atoms with Crippen LogP contribution in [-0.4, -0.2) is 57.4 Å². The Balaban J connectivity index is 1.40. The Labute approximate surface area is 154 Å². The molecule has 0 unspecified atom stereocenters. The number of ketones is 1. The van der Waals surface area contributed by atoms with E-state index in [0.29, 0.717) is 23.7 Å². The third-order valence-electron chi connectivity index (χ3n) is 4.71. The first-order valence-electron chi connectivity index (χ1n) is 8.55. The SMILES string of the molecule is CN1C(=O)Cc2cc(C(=O)CSc3nnnn3C[C@@H]3CCCO3)ccc21. The second-order valence-corrected chi connectivity index (χ2v) is 7.41. The van der Waals surface area contributed by atoms with Gasteiger partial charge in [-0.25, -0.2) is 4.68 Å². The first kappa shape index (κ1) is 17.2. The number of nitrogens with zero attached hydrogens (tertiary/aromatic N) is 5. The fourth-order valence-electron chi connectivity index (χ4n) is 3.25. The summed E-state index contributed by atoms with van der Waals surface area (Å²) < 4.78 is 7.31. The number of carbonyl (C=O) groups excluding carboxylic acids is 2. The zero-order valence-electron chi connectivity index (χ0n) is 14.4. The van der Waals surface area contributed by atoms with Gasteiger partial charge in [0.05, 0.1) is 24.8 Å². The topological polar surface area (TPSA) is 90.2 Å². The molecule has 1 atom stereocenters. The zero-order chi connectivity index (χ0) is 18.1. The molecule has 1 fully saturated rings. The van der Waals surface area contributed by atoms with Crippen molar-refractivity contribution in [2.24, 2.45) is 0 Å². The fourth-order valence-corrected chi connectivity index (χ4v) is 4.03. The molecule has 3 heterocycles. The number of tetrazole rings is 1. The molecule has 0 spiro atoms. The van der Waals surface area contributed by atoms with E-state index in [4.69, 9.17) is 4.74 Å². The molecular weight excluding hydrogens is 354 g/mol. The number of Topliss-reactive ketones (excluding diaryl/α,β-unsaturated/α-hetero) is 1. The lowest BCUT2D eigenvalue weighted by Crippen LogP contribution is -2.20. The predicted octanol–water partition coefficient (Wildman–Crippen LogP) is 1.35. The monoisotopic (exact) mass is 373 g/mol. The summed E-state index contributed by atoms with van der Waals surface area (Å²) in [5.74, 6) is 0.285. The molecule has 136 valence electrons. The lowest BCUT2D eigenvalue weighted by Gasteiger charge is -2.11. The summed E-state index contributed by atoms with van der Waals surface area (Å²) in [6.45, 7) is 1.39. The molecule has 8 nitrogen and oxygen atoms in total. The van der Waals surface area contributed by atoms with Crippen LogP contribution in [0, 0.1) is 0 Å². The minimum atomic E-state index is -0.00790. The van der Waals surface area contributed by atoms with Crippen molar-refractivity contribution >= 4 is 29.1 Å². The summed E-state index contributed by atoms with van der Waals surface area (Å²) in [5.41, 5.74) is 2.38. The van der Waals surface area contributed by atoms with E-state index in [1.807, 2.05) is 12.1 Å². The molecule has 9 heteroatoms. The van der Waals surface area contributed by atoms with Gasteiger partial charge in [-0.1, -0.05) is 11.8 Å². The Kier molecular flexibility index (Phi) is 4.73. The van der Waals surface area contributed by atoms with Gasteiger partial charge in [0.2, 0.25) is 11.1 Å². The maximum atomic E-state index is 12.5. The lowest BCUT2D eigenvalue weighted by molar-refractivity contribution is -0.117. The molecule has 2 aliphatic rings. The largest absolute Gasteiger partial charge is 0.376 e. The molecule has 2 aromatic rings. The van der Waals surface area contributed by atoms with Crippen LogP contribution in [0.3, 0.4) is 0 Å². The molecular formula is C17H19N5O3S. The highest BCUT2D eigenvalue weighted by Crippen LogP contribution is 2.29. The molecule has 26 heavy (non-hydrogen) atoms. The molecule has 1 aromatic heterocycles. The van der Waals surface area contributed by atoms with Crippen LogP contribution in [0.2, 0.25) is 0 Å². The zero-order valence-corrected chi connectivity index (χ0v) is 15.2. The minimum Gasteiger partial charge on any atom is -0.376 e. The Bertz CT molecular complexity index is 847. The lowest BCUT2D eigenvalue weighted by atomic mass is 10.1. The van der Waals surface area contributed by atoms with Crippen molar-refractivity contribution in [3.8, 4) is 0 Å². The second kappa shape index (κ2) is 7.16. The third kappa shape index (κ3) is 3.36. The van der Waals surface area contributed by atoms with Gasteiger partial charge in [-0.3, -0.25) is 9.59 Å². The molecule has 4 rings (SSSR count). The van der Waals surface area contributed by atoms with Crippen LogP contribution in [0.4, 0.5) is 5.69 Å². The second-order valence-electron chi connectivity index (χ2n) is 6.46. The maximum absolute atomic E-state index is 12.5. The summed E-state index contributed by atoms with van der Waals surface area (Å²) in [5, 5.41) is 12.3. The van der Waals surface area contributed by atoms with Crippen LogP contribution in [-0.2, 0) is 22.5 Å². The summed E-state index contributed by atoms with van der Waals surface area (Å²) in [4.78, 5) is 25.9. The Morgan fingerprint density at radius 2 is 2.31 bits per heavy atom. The Hall–Kier alpha value is -2.26. The summed E-state index contributed by atoms with van der Waals surface area (Å²) in [6.07, 6.45) is 2.55. The van der Waals surface area contributed by atoms with Gasteiger partial charge in [-0.2, -0.15) is 0 Å². The molecule has 1 saturated heterocycles. The van der Waals surface area contributed by atoms with Crippen LogP contribution in [0.25, 0.3) is 0 Å². The van der Waals surface area contributed by atoms with Crippen molar-refractivity contribution < 1.29 is 14.3 Å². The van der Waals surface area contributed by atoms with E-state index in [0.717, 1.165) is 30.7 Å². The van der Waals surface area contributed by atoms with Crippen molar-refractivity contribution in [2.45, 2.75) is 37.1 Å². The molecule has 1 aromatic carbocycles. The number of anilines is 1. The number of ether oxygens (including phenoxy) is 1. The Morgan fingerprint density at radius 3 is 3.12 bits per heavy atom. The van der Waals surface area contributed by atoms with Gasteiger partial charge in [0.1, 0.15) is 0 Å². The predicted molar refractivity (Wildman–Crippen MR) is 95.4 cm³/mol. The van der Waals surface area contributed by atoms with E-state index in [1.165, 1.54) is 11.8 Å². The number of benzene rings is 1. The molecule has 1 amide bonds. The van der Waals surface area contributed by atoms with Crippen molar-refractivity contribution in [3.63, 3.8) is 0 Å². The molecule has 0 aliphatic carbocycles. The summed E-state index contributed by atoms with van der Waals surface area (Å²) in [6, 6.07) is 5.42. The van der Waals surface area contributed by atoms with Gasteiger partial charge in [-0.15, -0.1) is 5.10 Å². The summed E-state index contributed by atoms with van der Waals surface area (Å²) in [7, 11) is 1.75. The molecule has 0 radical (unpaired) electrons. The molecule has 0 bridgehead atoms. The van der Waals surface area contributed by atoms with Crippen molar-refractivity contribution in [3.05, 3.63) is 29.3 Å². The van der Waals surface area contributed by atoms with E-state index in [1.54, 1.807) is 22.7 Å². The first-order valence-corrected chi connectivity index (χ1v) is 9.53. The van der Waals surface area contributed by atoms with E-state index >= 15 is 0 Å². The molecule has 0 saturated carbocycles. The number of fused-ring (bicyclic) bond motifs is 1. The van der Waals surface area contributed by atoms with Gasteiger partial charge >= 0.3 is 0 Å². The highest BCUT2D eigenvalue weighted by Gasteiger charge is 2.25.